The molecular weight excluding hydrogens is 283 g/mol. The molecule has 5 heteroatoms. The Labute approximate surface area is 120 Å². The standard InChI is InChI=1S/C15H12ClFO3/c1-19-14-6-11(8-18)13(17)7-15(14)20-9-10-2-4-12(16)5-3-10/h2-8H,9H2,1H3. The smallest absolute Gasteiger partial charge is 0.164 e. The fraction of sp³-hybridized carbons (Fsp3) is 0.133. The summed E-state index contributed by atoms with van der Waals surface area (Å²) in [6.07, 6.45) is 0.431. The van der Waals surface area contributed by atoms with Crippen molar-refractivity contribution in [3.05, 3.63) is 58.4 Å². The maximum atomic E-state index is 13.6. The molecule has 2 rings (SSSR count). The molecule has 3 nitrogen and oxygen atoms in total. The van der Waals surface area contributed by atoms with Gasteiger partial charge in [-0.2, -0.15) is 0 Å². The van der Waals surface area contributed by atoms with E-state index < -0.39 is 5.82 Å². The van der Waals surface area contributed by atoms with Crippen LogP contribution in [0, 0.1) is 5.82 Å². The first-order chi connectivity index (χ1) is 9.63. The molecule has 0 saturated heterocycles. The number of halogens is 2. The zero-order valence-corrected chi connectivity index (χ0v) is 11.5. The number of carbonyl (C=O) groups is 1. The molecule has 0 spiro atoms. The number of rotatable bonds is 5. The van der Waals surface area contributed by atoms with Crippen molar-refractivity contribution in [1.29, 1.82) is 0 Å². The molecule has 0 aliphatic carbocycles. The molecule has 0 bridgehead atoms. The fourth-order valence-corrected chi connectivity index (χ4v) is 1.78. The van der Waals surface area contributed by atoms with Crippen LogP contribution in [0.4, 0.5) is 4.39 Å². The normalized spacial score (nSPS) is 10.2. The van der Waals surface area contributed by atoms with E-state index in [4.69, 9.17) is 21.1 Å². The molecule has 104 valence electrons. The number of benzene rings is 2. The second kappa shape index (κ2) is 6.39. The van der Waals surface area contributed by atoms with Gasteiger partial charge in [0, 0.05) is 11.1 Å². The van der Waals surface area contributed by atoms with Crippen molar-refractivity contribution in [3.63, 3.8) is 0 Å². The Morgan fingerprint density at radius 2 is 1.90 bits per heavy atom. The fourth-order valence-electron chi connectivity index (χ4n) is 1.66. The number of ether oxygens (including phenoxy) is 2. The van der Waals surface area contributed by atoms with Crippen LogP contribution in [-0.2, 0) is 6.61 Å². The van der Waals surface area contributed by atoms with E-state index in [1.165, 1.54) is 13.2 Å². The zero-order chi connectivity index (χ0) is 14.5. The van der Waals surface area contributed by atoms with E-state index in [2.05, 4.69) is 0 Å². The molecule has 0 fully saturated rings. The Hall–Kier alpha value is -2.07. The van der Waals surface area contributed by atoms with E-state index >= 15 is 0 Å². The van der Waals surface area contributed by atoms with Gasteiger partial charge in [-0.15, -0.1) is 0 Å². The lowest BCUT2D eigenvalue weighted by Crippen LogP contribution is -2.00. The summed E-state index contributed by atoms with van der Waals surface area (Å²) in [4.78, 5) is 10.7. The van der Waals surface area contributed by atoms with Gasteiger partial charge in [-0.05, 0) is 23.8 Å². The first kappa shape index (κ1) is 14.3. The van der Waals surface area contributed by atoms with Crippen molar-refractivity contribution in [2.45, 2.75) is 6.61 Å². The lowest BCUT2D eigenvalue weighted by Gasteiger charge is -2.11. The predicted octanol–water partition coefficient (Wildman–Crippen LogP) is 3.88. The topological polar surface area (TPSA) is 35.5 Å². The minimum Gasteiger partial charge on any atom is -0.493 e. The Bertz CT molecular complexity index is 611. The van der Waals surface area contributed by atoms with Gasteiger partial charge in [-0.25, -0.2) is 4.39 Å². The molecule has 0 aromatic heterocycles. The van der Waals surface area contributed by atoms with Crippen LogP contribution < -0.4 is 9.47 Å². The van der Waals surface area contributed by atoms with Gasteiger partial charge in [-0.1, -0.05) is 23.7 Å². The maximum Gasteiger partial charge on any atom is 0.164 e. The van der Waals surface area contributed by atoms with Gasteiger partial charge in [0.05, 0.1) is 12.7 Å². The molecule has 2 aromatic carbocycles. The second-order valence-corrected chi connectivity index (χ2v) is 4.49. The molecule has 0 amide bonds. The highest BCUT2D eigenvalue weighted by Crippen LogP contribution is 2.30. The minimum atomic E-state index is -0.646. The van der Waals surface area contributed by atoms with Crippen LogP contribution in [0.5, 0.6) is 11.5 Å². The number of methoxy groups -OCH3 is 1. The summed E-state index contributed by atoms with van der Waals surface area (Å²) in [5.41, 5.74) is 0.817. The average Bonchev–Trinajstić information content (AvgIpc) is 2.46. The van der Waals surface area contributed by atoms with E-state index in [1.807, 2.05) is 12.1 Å². The Morgan fingerprint density at radius 3 is 2.50 bits per heavy atom. The van der Waals surface area contributed by atoms with Gasteiger partial charge in [0.2, 0.25) is 0 Å². The molecule has 0 atom stereocenters. The molecule has 0 aliphatic heterocycles. The monoisotopic (exact) mass is 294 g/mol. The molecule has 0 aliphatic rings. The molecule has 0 unspecified atom stereocenters. The van der Waals surface area contributed by atoms with Gasteiger partial charge in [0.15, 0.2) is 17.8 Å². The van der Waals surface area contributed by atoms with Crippen LogP contribution in [0.3, 0.4) is 0 Å². The lowest BCUT2D eigenvalue weighted by atomic mass is 10.2. The van der Waals surface area contributed by atoms with Crippen LogP contribution in [0.1, 0.15) is 15.9 Å². The third-order valence-electron chi connectivity index (χ3n) is 2.72. The SMILES string of the molecule is COc1cc(C=O)c(F)cc1OCc1ccc(Cl)cc1. The predicted molar refractivity (Wildman–Crippen MR) is 74.1 cm³/mol. The summed E-state index contributed by atoms with van der Waals surface area (Å²) in [5, 5.41) is 0.632. The van der Waals surface area contributed by atoms with Crippen molar-refractivity contribution in [2.75, 3.05) is 7.11 Å². The van der Waals surface area contributed by atoms with E-state index in [0.717, 1.165) is 11.6 Å². The van der Waals surface area contributed by atoms with Crippen molar-refractivity contribution in [3.8, 4) is 11.5 Å². The quantitative estimate of drug-likeness (QED) is 0.785. The molecule has 0 saturated carbocycles. The van der Waals surface area contributed by atoms with Gasteiger partial charge in [-0.3, -0.25) is 4.79 Å². The highest BCUT2D eigenvalue weighted by molar-refractivity contribution is 6.30. The highest BCUT2D eigenvalue weighted by Gasteiger charge is 2.11. The summed E-state index contributed by atoms with van der Waals surface area (Å²) < 4.78 is 24.2. The molecule has 2 aromatic rings. The summed E-state index contributed by atoms with van der Waals surface area (Å²) in [7, 11) is 1.43. The van der Waals surface area contributed by atoms with Gasteiger partial charge in [0.25, 0.3) is 0 Å². The van der Waals surface area contributed by atoms with Crippen molar-refractivity contribution >= 4 is 17.9 Å². The highest BCUT2D eigenvalue weighted by atomic mass is 35.5. The van der Waals surface area contributed by atoms with Crippen LogP contribution >= 0.6 is 11.6 Å². The summed E-state index contributed by atoms with van der Waals surface area (Å²) in [6, 6.07) is 9.55. The first-order valence-corrected chi connectivity index (χ1v) is 6.22. The van der Waals surface area contributed by atoms with Gasteiger partial charge >= 0.3 is 0 Å². The largest absolute Gasteiger partial charge is 0.493 e. The molecular formula is C15H12ClFO3. The molecule has 0 N–H and O–H groups in total. The van der Waals surface area contributed by atoms with Crippen molar-refractivity contribution in [2.24, 2.45) is 0 Å². The average molecular weight is 295 g/mol. The molecule has 20 heavy (non-hydrogen) atoms. The summed E-state index contributed by atoms with van der Waals surface area (Å²) in [6.45, 7) is 0.243. The second-order valence-electron chi connectivity index (χ2n) is 4.06. The van der Waals surface area contributed by atoms with Gasteiger partial charge < -0.3 is 9.47 Å². The number of carbonyl (C=O) groups excluding carboxylic acids is 1. The minimum absolute atomic E-state index is 0.0688. The number of aldehydes is 1. The maximum absolute atomic E-state index is 13.6. The Morgan fingerprint density at radius 1 is 1.20 bits per heavy atom. The Kier molecular flexibility index (Phi) is 4.58. The summed E-state index contributed by atoms with van der Waals surface area (Å²) >= 11 is 5.79. The van der Waals surface area contributed by atoms with Crippen LogP contribution in [0.25, 0.3) is 0 Å². The van der Waals surface area contributed by atoms with E-state index in [9.17, 15) is 9.18 Å². The van der Waals surface area contributed by atoms with E-state index in [-0.39, 0.29) is 17.9 Å². The number of hydrogen-bond acceptors (Lipinski definition) is 3. The molecule has 0 radical (unpaired) electrons. The summed E-state index contributed by atoms with van der Waals surface area (Å²) in [5.74, 6) is -0.0973. The zero-order valence-electron chi connectivity index (χ0n) is 10.7. The first-order valence-electron chi connectivity index (χ1n) is 5.84. The van der Waals surface area contributed by atoms with Crippen LogP contribution in [0.2, 0.25) is 5.02 Å². The lowest BCUT2D eigenvalue weighted by molar-refractivity contribution is 0.111. The Balaban J connectivity index is 2.18. The van der Waals surface area contributed by atoms with Crippen LogP contribution in [-0.4, -0.2) is 13.4 Å². The molecule has 0 heterocycles. The van der Waals surface area contributed by atoms with E-state index in [0.29, 0.717) is 17.1 Å². The van der Waals surface area contributed by atoms with Crippen molar-refractivity contribution in [1.82, 2.24) is 0 Å². The van der Waals surface area contributed by atoms with Gasteiger partial charge in [0.1, 0.15) is 12.4 Å². The van der Waals surface area contributed by atoms with Crippen molar-refractivity contribution < 1.29 is 18.7 Å². The third kappa shape index (κ3) is 3.27. The number of hydrogen-bond donors (Lipinski definition) is 0. The van der Waals surface area contributed by atoms with E-state index in [1.54, 1.807) is 12.1 Å². The third-order valence-corrected chi connectivity index (χ3v) is 2.97. The van der Waals surface area contributed by atoms with Crippen LogP contribution in [0.15, 0.2) is 36.4 Å².